The molecule has 2 saturated carbocycles. The SMILES string of the molecule is CCCC1CC(NCC2CCC2)CN(C2CCC2C)C1. The Balaban J connectivity index is 1.51. The predicted octanol–water partition coefficient (Wildman–Crippen LogP) is 3.67. The molecule has 1 aliphatic heterocycles. The summed E-state index contributed by atoms with van der Waals surface area (Å²) in [4.78, 5) is 2.84. The largest absolute Gasteiger partial charge is 0.312 e. The van der Waals surface area contributed by atoms with E-state index in [-0.39, 0.29) is 0 Å². The van der Waals surface area contributed by atoms with E-state index in [1.165, 1.54) is 71.0 Å². The fourth-order valence-corrected chi connectivity index (χ4v) is 4.50. The van der Waals surface area contributed by atoms with E-state index in [4.69, 9.17) is 0 Å². The molecule has 3 aliphatic rings. The maximum Gasteiger partial charge on any atom is 0.0198 e. The quantitative estimate of drug-likeness (QED) is 0.797. The molecule has 20 heavy (non-hydrogen) atoms. The lowest BCUT2D eigenvalue weighted by Crippen LogP contribution is -2.57. The highest BCUT2D eigenvalue weighted by Gasteiger charge is 2.37. The van der Waals surface area contributed by atoms with E-state index in [2.05, 4.69) is 24.1 Å². The number of nitrogens with zero attached hydrogens (tertiary/aromatic N) is 1. The van der Waals surface area contributed by atoms with Gasteiger partial charge in [-0.25, -0.2) is 0 Å². The van der Waals surface area contributed by atoms with E-state index in [1.807, 2.05) is 0 Å². The summed E-state index contributed by atoms with van der Waals surface area (Å²) in [6.07, 6.45) is 11.5. The molecule has 3 rings (SSSR count). The second-order valence-electron chi connectivity index (χ2n) is 7.87. The Labute approximate surface area is 125 Å². The summed E-state index contributed by atoms with van der Waals surface area (Å²) in [5, 5.41) is 3.92. The highest BCUT2D eigenvalue weighted by Crippen LogP contribution is 2.35. The van der Waals surface area contributed by atoms with Crippen molar-refractivity contribution in [2.45, 2.75) is 77.3 Å². The second-order valence-corrected chi connectivity index (χ2v) is 7.87. The zero-order valence-corrected chi connectivity index (χ0v) is 13.6. The molecule has 0 amide bonds. The van der Waals surface area contributed by atoms with E-state index < -0.39 is 0 Å². The third-order valence-electron chi connectivity index (χ3n) is 6.23. The highest BCUT2D eigenvalue weighted by atomic mass is 15.2. The van der Waals surface area contributed by atoms with Crippen molar-refractivity contribution in [3.63, 3.8) is 0 Å². The standard InChI is InChI=1S/C18H34N2/c1-3-5-16-10-17(19-11-15-6-4-7-15)13-20(12-16)18-9-8-14(18)2/h14-19H,3-13H2,1-2H3. The van der Waals surface area contributed by atoms with Gasteiger partial charge in [0, 0.05) is 25.2 Å². The van der Waals surface area contributed by atoms with E-state index in [1.54, 1.807) is 0 Å². The summed E-state index contributed by atoms with van der Waals surface area (Å²) >= 11 is 0. The van der Waals surface area contributed by atoms with E-state index in [0.717, 1.165) is 29.8 Å². The minimum atomic E-state index is 0.772. The Morgan fingerprint density at radius 2 is 1.90 bits per heavy atom. The minimum absolute atomic E-state index is 0.772. The maximum absolute atomic E-state index is 3.92. The summed E-state index contributed by atoms with van der Waals surface area (Å²) < 4.78 is 0. The van der Waals surface area contributed by atoms with Crippen molar-refractivity contribution in [1.82, 2.24) is 10.2 Å². The summed E-state index contributed by atoms with van der Waals surface area (Å²) in [6.45, 7) is 8.79. The van der Waals surface area contributed by atoms with Gasteiger partial charge in [0.1, 0.15) is 0 Å². The van der Waals surface area contributed by atoms with Crippen LogP contribution in [0.15, 0.2) is 0 Å². The first-order valence-electron chi connectivity index (χ1n) is 9.23. The van der Waals surface area contributed by atoms with Gasteiger partial charge < -0.3 is 5.32 Å². The maximum atomic E-state index is 3.92. The second kappa shape index (κ2) is 6.79. The van der Waals surface area contributed by atoms with Crippen molar-refractivity contribution in [1.29, 1.82) is 0 Å². The molecule has 116 valence electrons. The minimum Gasteiger partial charge on any atom is -0.312 e. The summed E-state index contributed by atoms with van der Waals surface area (Å²) in [5.41, 5.74) is 0. The summed E-state index contributed by atoms with van der Waals surface area (Å²) in [7, 11) is 0. The van der Waals surface area contributed by atoms with Gasteiger partial charge in [-0.1, -0.05) is 26.7 Å². The predicted molar refractivity (Wildman–Crippen MR) is 85.9 cm³/mol. The first kappa shape index (κ1) is 14.8. The van der Waals surface area contributed by atoms with Crippen LogP contribution in [-0.2, 0) is 0 Å². The van der Waals surface area contributed by atoms with E-state index in [9.17, 15) is 0 Å². The van der Waals surface area contributed by atoms with Crippen molar-refractivity contribution >= 4 is 0 Å². The lowest BCUT2D eigenvalue weighted by molar-refractivity contribution is 0.0198. The molecule has 4 unspecified atom stereocenters. The normalized spacial score (nSPS) is 39.3. The van der Waals surface area contributed by atoms with Crippen LogP contribution < -0.4 is 5.32 Å². The van der Waals surface area contributed by atoms with Crippen molar-refractivity contribution < 1.29 is 0 Å². The van der Waals surface area contributed by atoms with Crippen LogP contribution in [0.3, 0.4) is 0 Å². The number of nitrogens with one attached hydrogen (secondary N) is 1. The van der Waals surface area contributed by atoms with Gasteiger partial charge in [-0.15, -0.1) is 0 Å². The Kier molecular flexibility index (Phi) is 5.04. The van der Waals surface area contributed by atoms with Gasteiger partial charge in [-0.3, -0.25) is 4.90 Å². The average Bonchev–Trinajstić information content (AvgIpc) is 2.35. The summed E-state index contributed by atoms with van der Waals surface area (Å²) in [6, 6.07) is 1.68. The third kappa shape index (κ3) is 3.39. The van der Waals surface area contributed by atoms with E-state index >= 15 is 0 Å². The van der Waals surface area contributed by atoms with Crippen molar-refractivity contribution in [3.05, 3.63) is 0 Å². The Hall–Kier alpha value is -0.0800. The van der Waals surface area contributed by atoms with Gasteiger partial charge in [0.25, 0.3) is 0 Å². The molecule has 2 heteroatoms. The molecule has 0 aromatic carbocycles. The third-order valence-corrected chi connectivity index (χ3v) is 6.23. The number of hydrogen-bond donors (Lipinski definition) is 1. The molecule has 0 spiro atoms. The smallest absolute Gasteiger partial charge is 0.0198 e. The topological polar surface area (TPSA) is 15.3 Å². The van der Waals surface area contributed by atoms with Crippen LogP contribution in [-0.4, -0.2) is 36.6 Å². The lowest BCUT2D eigenvalue weighted by Gasteiger charge is -2.49. The highest BCUT2D eigenvalue weighted by molar-refractivity contribution is 4.93. The molecule has 0 bridgehead atoms. The molecule has 0 radical (unpaired) electrons. The Morgan fingerprint density at radius 3 is 2.45 bits per heavy atom. The Morgan fingerprint density at radius 1 is 1.05 bits per heavy atom. The van der Waals surface area contributed by atoms with Gasteiger partial charge in [0.05, 0.1) is 0 Å². The Bertz CT molecular complexity index is 300. The molecule has 1 N–H and O–H groups in total. The molecule has 2 aliphatic carbocycles. The number of piperidine rings is 1. The molecule has 0 aromatic rings. The van der Waals surface area contributed by atoms with Crippen LogP contribution in [0.5, 0.6) is 0 Å². The van der Waals surface area contributed by atoms with Crippen molar-refractivity contribution in [2.75, 3.05) is 19.6 Å². The van der Waals surface area contributed by atoms with Crippen LogP contribution in [0.4, 0.5) is 0 Å². The molecular formula is C18H34N2. The van der Waals surface area contributed by atoms with Crippen LogP contribution >= 0.6 is 0 Å². The summed E-state index contributed by atoms with van der Waals surface area (Å²) in [5.74, 6) is 2.89. The van der Waals surface area contributed by atoms with Crippen LogP contribution in [0, 0.1) is 17.8 Å². The molecule has 0 aromatic heterocycles. The zero-order valence-electron chi connectivity index (χ0n) is 13.6. The van der Waals surface area contributed by atoms with Gasteiger partial charge in [0.15, 0.2) is 0 Å². The van der Waals surface area contributed by atoms with Gasteiger partial charge in [-0.05, 0) is 62.8 Å². The van der Waals surface area contributed by atoms with Gasteiger partial charge >= 0.3 is 0 Å². The first-order valence-corrected chi connectivity index (χ1v) is 9.23. The zero-order chi connectivity index (χ0) is 13.9. The molecule has 1 heterocycles. The van der Waals surface area contributed by atoms with E-state index in [0.29, 0.717) is 0 Å². The average molecular weight is 278 g/mol. The van der Waals surface area contributed by atoms with Crippen molar-refractivity contribution in [3.8, 4) is 0 Å². The first-order chi connectivity index (χ1) is 9.76. The van der Waals surface area contributed by atoms with Crippen LogP contribution in [0.1, 0.15) is 65.2 Å². The monoisotopic (exact) mass is 278 g/mol. The van der Waals surface area contributed by atoms with Crippen LogP contribution in [0.25, 0.3) is 0 Å². The van der Waals surface area contributed by atoms with Gasteiger partial charge in [0.2, 0.25) is 0 Å². The number of hydrogen-bond acceptors (Lipinski definition) is 2. The molecule has 2 nitrogen and oxygen atoms in total. The molecular weight excluding hydrogens is 244 g/mol. The number of rotatable bonds is 6. The lowest BCUT2D eigenvalue weighted by atomic mass is 9.77. The molecule has 1 saturated heterocycles. The molecule has 3 fully saturated rings. The molecule has 4 atom stereocenters. The fraction of sp³-hybridized carbons (Fsp3) is 1.00. The number of likely N-dealkylation sites (tertiary alicyclic amines) is 1. The van der Waals surface area contributed by atoms with Gasteiger partial charge in [-0.2, -0.15) is 0 Å². The van der Waals surface area contributed by atoms with Crippen LogP contribution in [0.2, 0.25) is 0 Å². The fourth-order valence-electron chi connectivity index (χ4n) is 4.50. The van der Waals surface area contributed by atoms with Crippen molar-refractivity contribution in [2.24, 2.45) is 17.8 Å².